The predicted octanol–water partition coefficient (Wildman–Crippen LogP) is 5.74. The van der Waals surface area contributed by atoms with E-state index in [2.05, 4.69) is 20.8 Å². The number of thioether (sulfide) groups is 1. The summed E-state index contributed by atoms with van der Waals surface area (Å²) in [6.45, 7) is 8.92. The Bertz CT molecular complexity index is 609. The van der Waals surface area contributed by atoms with Crippen molar-refractivity contribution in [1.82, 2.24) is 4.90 Å². The highest BCUT2D eigenvalue weighted by Gasteiger charge is 2.39. The minimum absolute atomic E-state index is 0.0521. The summed E-state index contributed by atoms with van der Waals surface area (Å²) < 4.78 is 39.9. The van der Waals surface area contributed by atoms with Crippen molar-refractivity contribution in [2.75, 3.05) is 12.3 Å². The molecule has 1 saturated heterocycles. The lowest BCUT2D eigenvalue weighted by atomic mass is 9.84. The van der Waals surface area contributed by atoms with Gasteiger partial charge in [-0.05, 0) is 29.4 Å². The van der Waals surface area contributed by atoms with Crippen molar-refractivity contribution in [3.05, 3.63) is 35.4 Å². The molecule has 140 valence electrons. The van der Waals surface area contributed by atoms with Crippen LogP contribution in [0.25, 0.3) is 0 Å². The molecule has 0 spiro atoms. The van der Waals surface area contributed by atoms with Crippen molar-refractivity contribution in [2.45, 2.75) is 52.1 Å². The molecule has 1 aromatic rings. The minimum Gasteiger partial charge on any atom is -0.326 e. The summed E-state index contributed by atoms with van der Waals surface area (Å²) in [5.74, 6) is 0.816. The number of hydrogen-bond acceptors (Lipinski definition) is 2. The van der Waals surface area contributed by atoms with E-state index in [0.717, 1.165) is 12.5 Å². The first-order chi connectivity index (χ1) is 11.5. The first kappa shape index (κ1) is 20.1. The van der Waals surface area contributed by atoms with Gasteiger partial charge in [0.05, 0.1) is 5.56 Å². The maximum absolute atomic E-state index is 13.3. The molecule has 1 aliphatic rings. The van der Waals surface area contributed by atoms with E-state index in [0.29, 0.717) is 18.7 Å². The average molecular weight is 373 g/mol. The van der Waals surface area contributed by atoms with Crippen molar-refractivity contribution in [2.24, 2.45) is 11.3 Å². The standard InChI is InChI=1S/C19H26F3NOS/c1-13(12-18(2,3)4)11-16(24)23-9-10-25-17(23)14-7-5-6-8-15(14)19(20,21)22/h5-8,13,17H,9-12H2,1-4H3/t13-,17+/m1/s1. The molecule has 25 heavy (non-hydrogen) atoms. The third-order valence-electron chi connectivity index (χ3n) is 4.23. The molecule has 0 aromatic heterocycles. The van der Waals surface area contributed by atoms with Gasteiger partial charge in [-0.2, -0.15) is 13.2 Å². The number of rotatable bonds is 4. The van der Waals surface area contributed by atoms with E-state index >= 15 is 0 Å². The highest BCUT2D eigenvalue weighted by molar-refractivity contribution is 7.99. The Morgan fingerprint density at radius 1 is 1.28 bits per heavy atom. The SMILES string of the molecule is C[C@H](CC(=O)N1CCS[C@H]1c1ccccc1C(F)(F)F)CC(C)(C)C. The Kier molecular flexibility index (Phi) is 6.13. The molecule has 1 fully saturated rings. The van der Waals surface area contributed by atoms with Crippen molar-refractivity contribution in [3.63, 3.8) is 0 Å². The molecule has 0 saturated carbocycles. The molecule has 1 aliphatic heterocycles. The highest BCUT2D eigenvalue weighted by Crippen LogP contribution is 2.44. The molecule has 0 N–H and O–H groups in total. The number of carbonyl (C=O) groups is 1. The molecular weight excluding hydrogens is 347 g/mol. The van der Waals surface area contributed by atoms with Gasteiger partial charge >= 0.3 is 6.18 Å². The van der Waals surface area contributed by atoms with Crippen LogP contribution < -0.4 is 0 Å². The van der Waals surface area contributed by atoms with Gasteiger partial charge in [0.2, 0.25) is 5.91 Å². The van der Waals surface area contributed by atoms with Gasteiger partial charge in [-0.25, -0.2) is 0 Å². The van der Waals surface area contributed by atoms with Crippen molar-refractivity contribution in [1.29, 1.82) is 0 Å². The van der Waals surface area contributed by atoms with E-state index < -0.39 is 17.1 Å². The number of benzene rings is 1. The number of halogens is 3. The van der Waals surface area contributed by atoms with Crippen LogP contribution in [0, 0.1) is 11.3 Å². The molecule has 2 nitrogen and oxygen atoms in total. The number of amides is 1. The van der Waals surface area contributed by atoms with Crippen LogP contribution in [0.1, 0.15) is 57.0 Å². The maximum atomic E-state index is 13.3. The van der Waals surface area contributed by atoms with E-state index in [1.807, 2.05) is 6.92 Å². The van der Waals surface area contributed by atoms with Crippen molar-refractivity contribution < 1.29 is 18.0 Å². The zero-order valence-corrected chi connectivity index (χ0v) is 16.0. The van der Waals surface area contributed by atoms with E-state index in [1.165, 1.54) is 23.9 Å². The van der Waals surface area contributed by atoms with Crippen LogP contribution in [0.2, 0.25) is 0 Å². The van der Waals surface area contributed by atoms with E-state index in [9.17, 15) is 18.0 Å². The highest BCUT2D eigenvalue weighted by atomic mass is 32.2. The first-order valence-corrected chi connectivity index (χ1v) is 9.61. The zero-order chi connectivity index (χ0) is 18.8. The summed E-state index contributed by atoms with van der Waals surface area (Å²) in [6.07, 6.45) is -3.12. The number of carbonyl (C=O) groups excluding carboxylic acids is 1. The third kappa shape index (κ3) is 5.40. The van der Waals surface area contributed by atoms with Crippen LogP contribution in [0.15, 0.2) is 24.3 Å². The monoisotopic (exact) mass is 373 g/mol. The summed E-state index contributed by atoms with van der Waals surface area (Å²) in [7, 11) is 0. The normalized spacial score (nSPS) is 20.0. The molecule has 2 rings (SSSR count). The van der Waals surface area contributed by atoms with E-state index in [-0.39, 0.29) is 22.8 Å². The van der Waals surface area contributed by atoms with Gasteiger partial charge in [-0.1, -0.05) is 45.9 Å². The fraction of sp³-hybridized carbons (Fsp3) is 0.632. The van der Waals surface area contributed by atoms with Crippen LogP contribution >= 0.6 is 11.8 Å². The largest absolute Gasteiger partial charge is 0.416 e. The lowest BCUT2D eigenvalue weighted by Crippen LogP contribution is -2.32. The molecule has 0 aliphatic carbocycles. The smallest absolute Gasteiger partial charge is 0.326 e. The fourth-order valence-electron chi connectivity index (χ4n) is 3.49. The molecule has 0 bridgehead atoms. The zero-order valence-electron chi connectivity index (χ0n) is 15.2. The second kappa shape index (κ2) is 7.60. The van der Waals surface area contributed by atoms with Crippen molar-refractivity contribution in [3.8, 4) is 0 Å². The number of alkyl halides is 3. The Labute approximate surface area is 152 Å². The Balaban J connectivity index is 2.17. The Morgan fingerprint density at radius 3 is 2.52 bits per heavy atom. The molecule has 6 heteroatoms. The van der Waals surface area contributed by atoms with Crippen LogP contribution in [0.3, 0.4) is 0 Å². The van der Waals surface area contributed by atoms with Crippen LogP contribution in [0.5, 0.6) is 0 Å². The van der Waals surface area contributed by atoms with Gasteiger partial charge in [0.1, 0.15) is 5.37 Å². The lowest BCUT2D eigenvalue weighted by Gasteiger charge is -2.29. The summed E-state index contributed by atoms with van der Waals surface area (Å²) in [6, 6.07) is 5.58. The summed E-state index contributed by atoms with van der Waals surface area (Å²) >= 11 is 1.41. The Morgan fingerprint density at radius 2 is 1.92 bits per heavy atom. The second-order valence-electron chi connectivity index (χ2n) is 7.97. The van der Waals surface area contributed by atoms with Crippen molar-refractivity contribution >= 4 is 17.7 Å². The molecular formula is C19H26F3NOS. The van der Waals surface area contributed by atoms with Gasteiger partial charge in [0.15, 0.2) is 0 Å². The summed E-state index contributed by atoms with van der Waals surface area (Å²) in [5, 5.41) is -0.549. The number of nitrogens with zero attached hydrogens (tertiary/aromatic N) is 1. The summed E-state index contributed by atoms with van der Waals surface area (Å²) in [4.78, 5) is 14.3. The maximum Gasteiger partial charge on any atom is 0.416 e. The molecule has 0 radical (unpaired) electrons. The topological polar surface area (TPSA) is 20.3 Å². The van der Waals surface area contributed by atoms with Gasteiger partial charge in [0, 0.05) is 18.7 Å². The third-order valence-corrected chi connectivity index (χ3v) is 5.47. The average Bonchev–Trinajstić information content (AvgIpc) is 2.93. The van der Waals surface area contributed by atoms with Gasteiger partial charge in [-0.15, -0.1) is 11.8 Å². The van der Waals surface area contributed by atoms with Gasteiger partial charge < -0.3 is 4.90 Å². The molecule has 1 heterocycles. The second-order valence-corrected chi connectivity index (χ2v) is 9.16. The number of hydrogen-bond donors (Lipinski definition) is 0. The molecule has 0 unspecified atom stereocenters. The van der Waals surface area contributed by atoms with Crippen LogP contribution in [-0.4, -0.2) is 23.1 Å². The minimum atomic E-state index is -4.41. The fourth-order valence-corrected chi connectivity index (χ4v) is 4.80. The quantitative estimate of drug-likeness (QED) is 0.670. The van der Waals surface area contributed by atoms with Crippen LogP contribution in [-0.2, 0) is 11.0 Å². The van der Waals surface area contributed by atoms with Crippen LogP contribution in [0.4, 0.5) is 13.2 Å². The predicted molar refractivity (Wildman–Crippen MR) is 96.2 cm³/mol. The first-order valence-electron chi connectivity index (χ1n) is 8.56. The lowest BCUT2D eigenvalue weighted by molar-refractivity contribution is -0.140. The molecule has 1 amide bonds. The van der Waals surface area contributed by atoms with Gasteiger partial charge in [0.25, 0.3) is 0 Å². The summed E-state index contributed by atoms with van der Waals surface area (Å²) in [5.41, 5.74) is -0.328. The molecule has 1 aromatic carbocycles. The molecule has 2 atom stereocenters. The Hall–Kier alpha value is -1.17. The van der Waals surface area contributed by atoms with Gasteiger partial charge in [-0.3, -0.25) is 4.79 Å². The van der Waals surface area contributed by atoms with E-state index in [1.54, 1.807) is 11.0 Å². The van der Waals surface area contributed by atoms with E-state index in [4.69, 9.17) is 0 Å².